The van der Waals surface area contributed by atoms with Gasteiger partial charge in [-0.1, -0.05) is 30.4 Å². The van der Waals surface area contributed by atoms with Crippen molar-refractivity contribution in [3.05, 3.63) is 54.1 Å². The number of nitrogens with one attached hydrogen (secondary N) is 1. The van der Waals surface area contributed by atoms with Crippen molar-refractivity contribution in [3.8, 4) is 17.2 Å². The third-order valence-corrected chi connectivity index (χ3v) is 4.51. The van der Waals surface area contributed by atoms with Crippen LogP contribution in [0.4, 0.5) is 5.69 Å². The van der Waals surface area contributed by atoms with E-state index in [1.165, 1.54) is 11.9 Å². The Hall–Kier alpha value is -3.48. The molecule has 2 aromatic carbocycles. The molecule has 7 heteroatoms. The van der Waals surface area contributed by atoms with E-state index in [-0.39, 0.29) is 25.0 Å². The number of para-hydroxylation sites is 2. The number of carbonyl (C=O) groups is 2. The van der Waals surface area contributed by atoms with Gasteiger partial charge < -0.3 is 24.4 Å². The van der Waals surface area contributed by atoms with Crippen LogP contribution in [0.25, 0.3) is 6.08 Å². The zero-order valence-corrected chi connectivity index (χ0v) is 16.7. The summed E-state index contributed by atoms with van der Waals surface area (Å²) in [7, 11) is 3.08. The number of methoxy groups -OCH3 is 1. The van der Waals surface area contributed by atoms with Crippen molar-refractivity contribution in [3.63, 3.8) is 0 Å². The molecule has 0 aliphatic carbocycles. The number of carbonyl (C=O) groups excluding carboxylic acids is 2. The zero-order valence-electron chi connectivity index (χ0n) is 16.7. The predicted molar refractivity (Wildman–Crippen MR) is 110 cm³/mol. The van der Waals surface area contributed by atoms with Crippen LogP contribution in [0, 0.1) is 0 Å². The largest absolute Gasteiger partial charge is 0.493 e. The van der Waals surface area contributed by atoms with E-state index in [9.17, 15) is 9.59 Å². The normalized spacial score (nSPS) is 15.4. The summed E-state index contributed by atoms with van der Waals surface area (Å²) < 4.78 is 16.8. The highest BCUT2D eigenvalue weighted by atomic mass is 16.5. The number of hydrogen-bond donors (Lipinski definition) is 1. The fourth-order valence-corrected chi connectivity index (χ4v) is 3.09. The van der Waals surface area contributed by atoms with Crippen molar-refractivity contribution in [1.82, 2.24) is 5.32 Å². The van der Waals surface area contributed by atoms with E-state index in [4.69, 9.17) is 14.2 Å². The Morgan fingerprint density at radius 1 is 1.24 bits per heavy atom. The summed E-state index contributed by atoms with van der Waals surface area (Å²) in [6.07, 6.45) is 3.09. The zero-order chi connectivity index (χ0) is 20.8. The van der Waals surface area contributed by atoms with Crippen LogP contribution in [0.2, 0.25) is 0 Å². The molecular weight excluding hydrogens is 372 g/mol. The summed E-state index contributed by atoms with van der Waals surface area (Å²) in [4.78, 5) is 26.5. The molecule has 3 rings (SSSR count). The van der Waals surface area contributed by atoms with E-state index in [2.05, 4.69) is 5.32 Å². The van der Waals surface area contributed by atoms with E-state index in [0.29, 0.717) is 22.9 Å². The molecule has 2 amide bonds. The molecule has 0 radical (unpaired) electrons. The van der Waals surface area contributed by atoms with Gasteiger partial charge in [-0.2, -0.15) is 0 Å². The van der Waals surface area contributed by atoms with E-state index >= 15 is 0 Å². The molecule has 1 heterocycles. The number of fused-ring (bicyclic) bond motifs is 1. The number of ether oxygens (including phenoxy) is 3. The first kappa shape index (κ1) is 20.3. The average molecular weight is 396 g/mol. The minimum atomic E-state index is -0.784. The van der Waals surface area contributed by atoms with Crippen LogP contribution in [0.15, 0.2) is 48.5 Å². The number of allylic oxidation sites excluding steroid dienone is 1. The Balaban J connectivity index is 1.77. The standard InChI is InChI=1S/C22H24N2O5/c1-4-7-15-10-11-18(19(12-15)27-3)28-14-21(25)24-13-20(22(26)23-2)29-17-9-6-5-8-16(17)24/h4-12,20H,13-14H2,1-3H3,(H,23,26)/b7-4+/t20-/m1/s1. The topological polar surface area (TPSA) is 77.1 Å². The van der Waals surface area contributed by atoms with Crippen molar-refractivity contribution < 1.29 is 23.8 Å². The van der Waals surface area contributed by atoms with E-state index < -0.39 is 6.10 Å². The smallest absolute Gasteiger partial charge is 0.265 e. The van der Waals surface area contributed by atoms with Crippen molar-refractivity contribution in [2.75, 3.05) is 32.2 Å². The fourth-order valence-electron chi connectivity index (χ4n) is 3.09. The summed E-state index contributed by atoms with van der Waals surface area (Å²) >= 11 is 0. The number of benzene rings is 2. The Labute approximate surface area is 169 Å². The third-order valence-electron chi connectivity index (χ3n) is 4.51. The monoisotopic (exact) mass is 396 g/mol. The van der Waals surface area contributed by atoms with Crippen LogP contribution >= 0.6 is 0 Å². The van der Waals surface area contributed by atoms with Gasteiger partial charge in [0.15, 0.2) is 24.2 Å². The second kappa shape index (κ2) is 9.14. The van der Waals surface area contributed by atoms with Crippen molar-refractivity contribution in [2.45, 2.75) is 13.0 Å². The summed E-state index contributed by atoms with van der Waals surface area (Å²) in [5, 5.41) is 2.56. The average Bonchev–Trinajstić information content (AvgIpc) is 2.76. The second-order valence-electron chi connectivity index (χ2n) is 6.39. The minimum absolute atomic E-state index is 0.107. The Morgan fingerprint density at radius 3 is 2.76 bits per heavy atom. The number of likely N-dealkylation sites (N-methyl/N-ethyl adjacent to an activating group) is 1. The highest BCUT2D eigenvalue weighted by Crippen LogP contribution is 2.34. The minimum Gasteiger partial charge on any atom is -0.493 e. The van der Waals surface area contributed by atoms with Gasteiger partial charge in [-0.15, -0.1) is 0 Å². The van der Waals surface area contributed by atoms with Crippen molar-refractivity contribution in [1.29, 1.82) is 0 Å². The van der Waals surface area contributed by atoms with Gasteiger partial charge in [-0.3, -0.25) is 9.59 Å². The van der Waals surface area contributed by atoms with Crippen molar-refractivity contribution in [2.24, 2.45) is 0 Å². The lowest BCUT2D eigenvalue weighted by molar-refractivity contribution is -0.128. The van der Waals surface area contributed by atoms with Crippen LogP contribution in [-0.4, -0.2) is 45.2 Å². The van der Waals surface area contributed by atoms with Crippen molar-refractivity contribution >= 4 is 23.6 Å². The fraction of sp³-hybridized carbons (Fsp3) is 0.273. The molecule has 7 nitrogen and oxygen atoms in total. The highest BCUT2D eigenvalue weighted by Gasteiger charge is 2.33. The first-order valence-electron chi connectivity index (χ1n) is 9.28. The molecule has 0 aromatic heterocycles. The number of amides is 2. The summed E-state index contributed by atoms with van der Waals surface area (Å²) in [6.45, 7) is 1.84. The summed E-state index contributed by atoms with van der Waals surface area (Å²) in [5.74, 6) is 0.917. The summed E-state index contributed by atoms with van der Waals surface area (Å²) in [5.41, 5.74) is 1.58. The van der Waals surface area contributed by atoms with Crippen LogP contribution in [0.3, 0.4) is 0 Å². The maximum absolute atomic E-state index is 12.9. The molecule has 0 spiro atoms. The van der Waals surface area contributed by atoms with Crippen LogP contribution in [0.1, 0.15) is 12.5 Å². The maximum atomic E-state index is 12.9. The Morgan fingerprint density at radius 2 is 2.03 bits per heavy atom. The molecule has 0 fully saturated rings. The van der Waals surface area contributed by atoms with Gasteiger partial charge in [0.1, 0.15) is 5.75 Å². The quantitative estimate of drug-likeness (QED) is 0.812. The van der Waals surface area contributed by atoms with E-state index in [1.807, 2.05) is 37.3 Å². The van der Waals surface area contributed by atoms with Gasteiger partial charge in [0.2, 0.25) is 0 Å². The van der Waals surface area contributed by atoms with E-state index in [1.54, 1.807) is 31.4 Å². The van der Waals surface area contributed by atoms with Crippen LogP contribution in [0.5, 0.6) is 17.2 Å². The van der Waals surface area contributed by atoms with Gasteiger partial charge in [0.05, 0.1) is 19.3 Å². The lowest BCUT2D eigenvalue weighted by atomic mass is 10.1. The molecule has 29 heavy (non-hydrogen) atoms. The number of nitrogens with zero attached hydrogens (tertiary/aromatic N) is 1. The molecular formula is C22H24N2O5. The molecule has 0 bridgehead atoms. The molecule has 1 N–H and O–H groups in total. The predicted octanol–water partition coefficient (Wildman–Crippen LogP) is 2.65. The molecule has 0 unspecified atom stereocenters. The SMILES string of the molecule is C/C=C/c1ccc(OCC(=O)N2C[C@H](C(=O)NC)Oc3ccccc32)c(OC)c1. The number of anilines is 1. The number of hydrogen-bond acceptors (Lipinski definition) is 5. The number of rotatable bonds is 6. The van der Waals surface area contributed by atoms with Gasteiger partial charge in [0.25, 0.3) is 11.8 Å². The lowest BCUT2D eigenvalue weighted by Crippen LogP contribution is -2.51. The highest BCUT2D eigenvalue weighted by molar-refractivity contribution is 5.98. The molecule has 1 aliphatic heterocycles. The third kappa shape index (κ3) is 4.51. The molecule has 0 saturated heterocycles. The molecule has 2 aromatic rings. The van der Waals surface area contributed by atoms with E-state index in [0.717, 1.165) is 5.56 Å². The molecule has 0 saturated carbocycles. The lowest BCUT2D eigenvalue weighted by Gasteiger charge is -2.33. The first-order chi connectivity index (χ1) is 14.1. The Bertz CT molecular complexity index is 925. The molecule has 1 atom stereocenters. The van der Waals surface area contributed by atoms with Crippen LogP contribution in [-0.2, 0) is 9.59 Å². The maximum Gasteiger partial charge on any atom is 0.265 e. The van der Waals surface area contributed by atoms with Gasteiger partial charge in [0, 0.05) is 7.05 Å². The molecule has 152 valence electrons. The first-order valence-corrected chi connectivity index (χ1v) is 9.28. The van der Waals surface area contributed by atoms with Gasteiger partial charge in [-0.25, -0.2) is 0 Å². The Kier molecular flexibility index (Phi) is 6.39. The van der Waals surface area contributed by atoms with Gasteiger partial charge in [-0.05, 0) is 36.8 Å². The molecule has 1 aliphatic rings. The second-order valence-corrected chi connectivity index (χ2v) is 6.39. The summed E-state index contributed by atoms with van der Waals surface area (Å²) in [6, 6.07) is 12.6. The van der Waals surface area contributed by atoms with Crippen LogP contribution < -0.4 is 24.4 Å². The van der Waals surface area contributed by atoms with Gasteiger partial charge >= 0.3 is 0 Å².